The highest BCUT2D eigenvalue weighted by Gasteiger charge is 2.11. The summed E-state index contributed by atoms with van der Waals surface area (Å²) in [6.07, 6.45) is 4.08. The van der Waals surface area contributed by atoms with E-state index in [0.29, 0.717) is 0 Å². The van der Waals surface area contributed by atoms with Crippen LogP contribution in [0.5, 0.6) is 5.75 Å². The lowest BCUT2D eigenvalue weighted by Gasteiger charge is -2.06. The van der Waals surface area contributed by atoms with Gasteiger partial charge in [0.15, 0.2) is 0 Å². The molecule has 0 unspecified atom stereocenters. The molecular weight excluding hydrogens is 188 g/mol. The minimum atomic E-state index is 0.864. The van der Waals surface area contributed by atoms with Crippen molar-refractivity contribution in [3.05, 3.63) is 35.7 Å². The summed E-state index contributed by atoms with van der Waals surface area (Å²) < 4.78 is 5.23. The maximum atomic E-state index is 5.23. The van der Waals surface area contributed by atoms with Gasteiger partial charge in [-0.1, -0.05) is 0 Å². The third-order valence-corrected chi connectivity index (χ3v) is 2.77. The lowest BCUT2D eigenvalue weighted by Crippen LogP contribution is -2.09. The standard InChI is InChI=1S/C12H12N2O/c1-15-8-2-3-11-10(6-8)9-4-5-13-7-12(9)14-11/h2-6,13-14H,7H2,1H3. The van der Waals surface area contributed by atoms with E-state index in [0.717, 1.165) is 17.8 Å². The summed E-state index contributed by atoms with van der Waals surface area (Å²) in [7, 11) is 1.69. The molecule has 3 heteroatoms. The number of hydrogen-bond acceptors (Lipinski definition) is 2. The molecule has 0 saturated heterocycles. The summed E-state index contributed by atoms with van der Waals surface area (Å²) >= 11 is 0. The molecular formula is C12H12N2O. The Bertz CT molecular complexity index is 540. The third-order valence-electron chi connectivity index (χ3n) is 2.77. The van der Waals surface area contributed by atoms with Gasteiger partial charge in [0, 0.05) is 22.2 Å². The predicted molar refractivity (Wildman–Crippen MR) is 60.7 cm³/mol. The number of fused-ring (bicyclic) bond motifs is 3. The molecule has 0 aliphatic carbocycles. The van der Waals surface area contributed by atoms with Gasteiger partial charge in [0.1, 0.15) is 5.75 Å². The van der Waals surface area contributed by atoms with Gasteiger partial charge in [0.2, 0.25) is 0 Å². The Balaban J connectivity index is 2.30. The Morgan fingerprint density at radius 1 is 1.33 bits per heavy atom. The van der Waals surface area contributed by atoms with Crippen LogP contribution in [0.4, 0.5) is 0 Å². The molecule has 0 amide bonds. The molecule has 0 fully saturated rings. The monoisotopic (exact) mass is 200 g/mol. The van der Waals surface area contributed by atoms with Crippen LogP contribution in [0.1, 0.15) is 11.3 Å². The molecule has 1 aliphatic rings. The highest BCUT2D eigenvalue weighted by Crippen LogP contribution is 2.28. The van der Waals surface area contributed by atoms with Crippen LogP contribution in [0.15, 0.2) is 24.4 Å². The molecule has 1 aromatic carbocycles. The average molecular weight is 200 g/mol. The van der Waals surface area contributed by atoms with Crippen molar-refractivity contribution in [3.8, 4) is 5.75 Å². The molecule has 0 bridgehead atoms. The highest BCUT2D eigenvalue weighted by atomic mass is 16.5. The van der Waals surface area contributed by atoms with Gasteiger partial charge in [-0.05, 0) is 30.5 Å². The first-order valence-corrected chi connectivity index (χ1v) is 4.97. The van der Waals surface area contributed by atoms with E-state index in [1.54, 1.807) is 7.11 Å². The smallest absolute Gasteiger partial charge is 0.119 e. The van der Waals surface area contributed by atoms with Crippen molar-refractivity contribution in [2.45, 2.75) is 6.54 Å². The van der Waals surface area contributed by atoms with Gasteiger partial charge in [0.05, 0.1) is 13.7 Å². The van der Waals surface area contributed by atoms with Crippen LogP contribution in [0.25, 0.3) is 17.0 Å². The quantitative estimate of drug-likeness (QED) is 0.740. The zero-order valence-corrected chi connectivity index (χ0v) is 8.50. The first kappa shape index (κ1) is 8.41. The van der Waals surface area contributed by atoms with Gasteiger partial charge in [-0.15, -0.1) is 0 Å². The third kappa shape index (κ3) is 1.20. The Labute approximate surface area is 87.7 Å². The zero-order valence-electron chi connectivity index (χ0n) is 8.50. The number of nitrogens with one attached hydrogen (secondary N) is 2. The summed E-state index contributed by atoms with van der Waals surface area (Å²) in [5.41, 5.74) is 3.66. The topological polar surface area (TPSA) is 37.0 Å². The second kappa shape index (κ2) is 3.05. The largest absolute Gasteiger partial charge is 0.497 e. The van der Waals surface area contributed by atoms with E-state index in [-0.39, 0.29) is 0 Å². The van der Waals surface area contributed by atoms with E-state index in [4.69, 9.17) is 4.74 Å². The minimum Gasteiger partial charge on any atom is -0.497 e. The number of ether oxygens (including phenoxy) is 1. The molecule has 3 rings (SSSR count). The lowest BCUT2D eigenvalue weighted by atomic mass is 10.1. The number of methoxy groups -OCH3 is 1. The van der Waals surface area contributed by atoms with E-state index in [9.17, 15) is 0 Å². The fraction of sp³-hybridized carbons (Fsp3) is 0.167. The van der Waals surface area contributed by atoms with Crippen molar-refractivity contribution < 1.29 is 4.74 Å². The maximum Gasteiger partial charge on any atom is 0.119 e. The molecule has 1 aliphatic heterocycles. The van der Waals surface area contributed by atoms with Crippen molar-refractivity contribution >= 4 is 17.0 Å². The molecule has 0 radical (unpaired) electrons. The van der Waals surface area contributed by atoms with Crippen molar-refractivity contribution in [1.82, 2.24) is 10.3 Å². The van der Waals surface area contributed by atoms with Crippen molar-refractivity contribution in [2.24, 2.45) is 0 Å². The fourth-order valence-corrected chi connectivity index (χ4v) is 2.01. The second-order valence-corrected chi connectivity index (χ2v) is 3.64. The number of rotatable bonds is 1. The van der Waals surface area contributed by atoms with Gasteiger partial charge in [0.25, 0.3) is 0 Å². The molecule has 3 nitrogen and oxygen atoms in total. The van der Waals surface area contributed by atoms with Crippen LogP contribution in [0.3, 0.4) is 0 Å². The molecule has 15 heavy (non-hydrogen) atoms. The van der Waals surface area contributed by atoms with Gasteiger partial charge in [-0.3, -0.25) is 0 Å². The number of aromatic nitrogens is 1. The Morgan fingerprint density at radius 3 is 3.13 bits per heavy atom. The average Bonchev–Trinajstić information content (AvgIpc) is 2.66. The lowest BCUT2D eigenvalue weighted by molar-refractivity contribution is 0.415. The van der Waals surface area contributed by atoms with Crippen molar-refractivity contribution in [2.75, 3.05) is 7.11 Å². The van der Waals surface area contributed by atoms with E-state index < -0.39 is 0 Å². The summed E-state index contributed by atoms with van der Waals surface area (Å²) in [6.45, 7) is 0.864. The number of benzene rings is 1. The molecule has 1 aromatic heterocycles. The van der Waals surface area contributed by atoms with Gasteiger partial charge >= 0.3 is 0 Å². The van der Waals surface area contributed by atoms with Crippen LogP contribution < -0.4 is 10.1 Å². The normalized spacial score (nSPS) is 13.7. The fourth-order valence-electron chi connectivity index (χ4n) is 2.01. The van der Waals surface area contributed by atoms with E-state index >= 15 is 0 Å². The van der Waals surface area contributed by atoms with Crippen LogP contribution >= 0.6 is 0 Å². The van der Waals surface area contributed by atoms with Crippen LogP contribution in [0.2, 0.25) is 0 Å². The summed E-state index contributed by atoms with van der Waals surface area (Å²) in [4.78, 5) is 3.40. The van der Waals surface area contributed by atoms with E-state index in [2.05, 4.69) is 28.5 Å². The van der Waals surface area contributed by atoms with Crippen molar-refractivity contribution in [3.63, 3.8) is 0 Å². The molecule has 2 N–H and O–H groups in total. The highest BCUT2D eigenvalue weighted by molar-refractivity contribution is 5.91. The Morgan fingerprint density at radius 2 is 2.27 bits per heavy atom. The Kier molecular flexibility index (Phi) is 1.71. The summed E-state index contributed by atoms with van der Waals surface area (Å²) in [6, 6.07) is 6.10. The SMILES string of the molecule is COc1ccc2[nH]c3c(c2c1)C=CNC3. The number of aromatic amines is 1. The molecule has 76 valence electrons. The van der Waals surface area contributed by atoms with Gasteiger partial charge in [-0.25, -0.2) is 0 Å². The van der Waals surface area contributed by atoms with Gasteiger partial charge in [-0.2, -0.15) is 0 Å². The number of hydrogen-bond donors (Lipinski definition) is 2. The Hall–Kier alpha value is -1.90. The zero-order chi connectivity index (χ0) is 10.3. The predicted octanol–water partition coefficient (Wildman–Crippen LogP) is 2.25. The van der Waals surface area contributed by atoms with E-state index in [1.165, 1.54) is 16.6 Å². The van der Waals surface area contributed by atoms with Crippen LogP contribution in [-0.2, 0) is 6.54 Å². The maximum absolute atomic E-state index is 5.23. The van der Waals surface area contributed by atoms with Crippen LogP contribution in [-0.4, -0.2) is 12.1 Å². The first-order valence-electron chi connectivity index (χ1n) is 4.97. The summed E-state index contributed by atoms with van der Waals surface area (Å²) in [5, 5.41) is 4.41. The molecule has 2 heterocycles. The molecule has 0 atom stereocenters. The molecule has 0 spiro atoms. The first-order chi connectivity index (χ1) is 7.38. The van der Waals surface area contributed by atoms with Crippen LogP contribution in [0, 0.1) is 0 Å². The number of H-pyrrole nitrogens is 1. The minimum absolute atomic E-state index is 0.864. The molecule has 2 aromatic rings. The summed E-state index contributed by atoms with van der Waals surface area (Å²) in [5.74, 6) is 0.899. The second-order valence-electron chi connectivity index (χ2n) is 3.64. The van der Waals surface area contributed by atoms with E-state index in [1.807, 2.05) is 12.3 Å². The van der Waals surface area contributed by atoms with Crippen molar-refractivity contribution in [1.29, 1.82) is 0 Å². The molecule has 0 saturated carbocycles. The van der Waals surface area contributed by atoms with Gasteiger partial charge < -0.3 is 15.0 Å².